The number of aromatic nitrogens is 1. The van der Waals surface area contributed by atoms with E-state index < -0.39 is 10.0 Å². The molecular weight excluding hydrogens is 303 g/mol. The summed E-state index contributed by atoms with van der Waals surface area (Å²) in [7, 11) is -3.71. The summed E-state index contributed by atoms with van der Waals surface area (Å²) >= 11 is 5.75. The second kappa shape index (κ2) is 6.30. The van der Waals surface area contributed by atoms with Gasteiger partial charge in [-0.1, -0.05) is 23.7 Å². The normalized spacial score (nSPS) is 11.5. The van der Waals surface area contributed by atoms with Crippen molar-refractivity contribution in [3.05, 3.63) is 59.1 Å². The number of halogens is 2. The first kappa shape index (κ1) is 14.9. The van der Waals surface area contributed by atoms with Crippen molar-refractivity contribution in [2.75, 3.05) is 6.54 Å². The van der Waals surface area contributed by atoms with E-state index in [2.05, 4.69) is 9.71 Å². The van der Waals surface area contributed by atoms with E-state index in [0.717, 1.165) is 0 Å². The summed E-state index contributed by atoms with van der Waals surface area (Å²) in [6, 6.07) is 8.88. The third kappa shape index (κ3) is 3.75. The van der Waals surface area contributed by atoms with Crippen LogP contribution in [0.5, 0.6) is 0 Å². The molecule has 2 rings (SSSR count). The molecule has 1 N–H and O–H groups in total. The first-order valence-corrected chi connectivity index (χ1v) is 7.70. The largest absolute Gasteiger partial charge is 0.243 e. The van der Waals surface area contributed by atoms with Crippen LogP contribution in [0.2, 0.25) is 5.15 Å². The first-order valence-electron chi connectivity index (χ1n) is 5.84. The van der Waals surface area contributed by atoms with Crippen molar-refractivity contribution in [3.8, 4) is 0 Å². The Balaban J connectivity index is 2.02. The number of rotatable bonds is 5. The average Bonchev–Trinajstić information content (AvgIpc) is 2.39. The van der Waals surface area contributed by atoms with Crippen molar-refractivity contribution in [2.24, 2.45) is 0 Å². The van der Waals surface area contributed by atoms with Gasteiger partial charge in [0.2, 0.25) is 10.0 Å². The molecule has 20 heavy (non-hydrogen) atoms. The fraction of sp³-hybridized carbons (Fsp3) is 0.154. The number of hydrogen-bond acceptors (Lipinski definition) is 3. The molecule has 0 atom stereocenters. The molecule has 0 aliphatic rings. The molecule has 0 saturated heterocycles. The highest BCUT2D eigenvalue weighted by atomic mass is 35.5. The Bertz CT molecular complexity index is 707. The number of benzene rings is 1. The van der Waals surface area contributed by atoms with Crippen molar-refractivity contribution in [1.82, 2.24) is 9.71 Å². The van der Waals surface area contributed by atoms with Crippen LogP contribution in [0.25, 0.3) is 0 Å². The molecule has 0 fully saturated rings. The number of hydrogen-bond donors (Lipinski definition) is 1. The van der Waals surface area contributed by atoms with Crippen molar-refractivity contribution in [3.63, 3.8) is 0 Å². The van der Waals surface area contributed by atoms with Crippen LogP contribution < -0.4 is 4.72 Å². The van der Waals surface area contributed by atoms with Gasteiger partial charge in [-0.3, -0.25) is 0 Å². The SMILES string of the molecule is O=S(=O)(NCCc1cccc(F)c1)c1cccnc1Cl. The Labute approximate surface area is 121 Å². The minimum atomic E-state index is -3.71. The standard InChI is InChI=1S/C13H12ClFN2O2S/c14-13-12(5-2-7-16-13)20(18,19)17-8-6-10-3-1-4-11(15)9-10/h1-5,7,9,17H,6,8H2. The topological polar surface area (TPSA) is 59.1 Å². The molecule has 0 spiro atoms. The predicted octanol–water partition coefficient (Wildman–Crippen LogP) is 2.40. The van der Waals surface area contributed by atoms with E-state index in [9.17, 15) is 12.8 Å². The highest BCUT2D eigenvalue weighted by Gasteiger charge is 2.17. The molecule has 0 bridgehead atoms. The summed E-state index contributed by atoms with van der Waals surface area (Å²) in [5.74, 6) is -0.347. The van der Waals surface area contributed by atoms with Gasteiger partial charge in [0, 0.05) is 12.7 Å². The van der Waals surface area contributed by atoms with E-state index in [4.69, 9.17) is 11.6 Å². The van der Waals surface area contributed by atoms with Gasteiger partial charge in [-0.25, -0.2) is 22.5 Å². The smallest absolute Gasteiger partial charge is 0.243 e. The number of pyridine rings is 1. The lowest BCUT2D eigenvalue weighted by Crippen LogP contribution is -2.26. The van der Waals surface area contributed by atoms with Gasteiger partial charge in [0.25, 0.3) is 0 Å². The monoisotopic (exact) mass is 314 g/mol. The third-order valence-corrected chi connectivity index (χ3v) is 4.52. The van der Waals surface area contributed by atoms with E-state index >= 15 is 0 Å². The lowest BCUT2D eigenvalue weighted by Gasteiger charge is -2.07. The zero-order valence-electron chi connectivity index (χ0n) is 10.4. The van der Waals surface area contributed by atoms with Gasteiger partial charge in [-0.05, 0) is 36.2 Å². The Morgan fingerprint density at radius 3 is 2.75 bits per heavy atom. The lowest BCUT2D eigenvalue weighted by molar-refractivity contribution is 0.581. The highest BCUT2D eigenvalue weighted by Crippen LogP contribution is 2.17. The molecule has 1 heterocycles. The molecule has 0 saturated carbocycles. The molecule has 1 aromatic carbocycles. The fourth-order valence-corrected chi connectivity index (χ4v) is 3.15. The predicted molar refractivity (Wildman–Crippen MR) is 74.5 cm³/mol. The lowest BCUT2D eigenvalue weighted by atomic mass is 10.1. The molecule has 0 radical (unpaired) electrons. The summed E-state index contributed by atoms with van der Waals surface area (Å²) in [4.78, 5) is 3.65. The molecule has 4 nitrogen and oxygen atoms in total. The number of sulfonamides is 1. The van der Waals surface area contributed by atoms with Gasteiger partial charge < -0.3 is 0 Å². The van der Waals surface area contributed by atoms with E-state index in [-0.39, 0.29) is 22.4 Å². The van der Waals surface area contributed by atoms with Gasteiger partial charge in [-0.15, -0.1) is 0 Å². The highest BCUT2D eigenvalue weighted by molar-refractivity contribution is 7.89. The van der Waals surface area contributed by atoms with Crippen LogP contribution in [-0.2, 0) is 16.4 Å². The van der Waals surface area contributed by atoms with Crippen LogP contribution in [0.3, 0.4) is 0 Å². The van der Waals surface area contributed by atoms with Crippen LogP contribution in [0.4, 0.5) is 4.39 Å². The minimum absolute atomic E-state index is 0.0686. The quantitative estimate of drug-likeness (QED) is 0.862. The molecule has 0 amide bonds. The molecule has 7 heteroatoms. The molecule has 2 aromatic rings. The van der Waals surface area contributed by atoms with Crippen molar-refractivity contribution >= 4 is 21.6 Å². The Morgan fingerprint density at radius 1 is 1.25 bits per heavy atom. The maximum atomic E-state index is 13.0. The van der Waals surface area contributed by atoms with E-state index in [0.29, 0.717) is 12.0 Å². The van der Waals surface area contributed by atoms with Crippen LogP contribution >= 0.6 is 11.6 Å². The van der Waals surface area contributed by atoms with Crippen LogP contribution in [0.1, 0.15) is 5.56 Å². The number of nitrogens with one attached hydrogen (secondary N) is 1. The summed E-state index contributed by atoms with van der Waals surface area (Å²) in [6.07, 6.45) is 1.79. The van der Waals surface area contributed by atoms with Crippen molar-refractivity contribution < 1.29 is 12.8 Å². The van der Waals surface area contributed by atoms with Gasteiger partial charge in [-0.2, -0.15) is 0 Å². The van der Waals surface area contributed by atoms with Crippen molar-refractivity contribution in [1.29, 1.82) is 0 Å². The Morgan fingerprint density at radius 2 is 2.05 bits per heavy atom. The van der Waals surface area contributed by atoms with Gasteiger partial charge >= 0.3 is 0 Å². The van der Waals surface area contributed by atoms with E-state index in [1.807, 2.05) is 0 Å². The summed E-state index contributed by atoms with van der Waals surface area (Å²) in [6.45, 7) is 0.150. The van der Waals surface area contributed by atoms with E-state index in [1.165, 1.54) is 30.5 Å². The van der Waals surface area contributed by atoms with Crippen LogP contribution in [0, 0.1) is 5.82 Å². The Kier molecular flexibility index (Phi) is 4.69. The van der Waals surface area contributed by atoms with Gasteiger partial charge in [0.05, 0.1) is 0 Å². The van der Waals surface area contributed by atoms with Crippen LogP contribution in [-0.4, -0.2) is 19.9 Å². The zero-order valence-corrected chi connectivity index (χ0v) is 12.0. The Hall–Kier alpha value is -1.50. The average molecular weight is 315 g/mol. The molecule has 0 aliphatic heterocycles. The molecule has 0 unspecified atom stereocenters. The zero-order chi connectivity index (χ0) is 14.6. The third-order valence-electron chi connectivity index (χ3n) is 2.61. The number of nitrogens with zero attached hydrogens (tertiary/aromatic N) is 1. The molecular formula is C13H12ClFN2O2S. The van der Waals surface area contributed by atoms with Gasteiger partial charge in [0.15, 0.2) is 0 Å². The minimum Gasteiger partial charge on any atom is -0.243 e. The molecule has 0 aliphatic carbocycles. The fourth-order valence-electron chi connectivity index (χ4n) is 1.67. The second-order valence-electron chi connectivity index (χ2n) is 4.07. The van der Waals surface area contributed by atoms with E-state index in [1.54, 1.807) is 12.1 Å². The van der Waals surface area contributed by atoms with Crippen molar-refractivity contribution in [2.45, 2.75) is 11.3 Å². The molecule has 1 aromatic heterocycles. The summed E-state index contributed by atoms with van der Waals surface area (Å²) in [5.41, 5.74) is 0.713. The second-order valence-corrected chi connectivity index (χ2v) is 6.16. The first-order chi connectivity index (χ1) is 9.49. The van der Waals surface area contributed by atoms with Crippen LogP contribution in [0.15, 0.2) is 47.5 Å². The maximum absolute atomic E-state index is 13.0. The maximum Gasteiger partial charge on any atom is 0.243 e. The summed E-state index contributed by atoms with van der Waals surface area (Å²) in [5, 5.41) is -0.0780. The molecule has 106 valence electrons. The summed E-state index contributed by atoms with van der Waals surface area (Å²) < 4.78 is 39.4. The van der Waals surface area contributed by atoms with Gasteiger partial charge in [0.1, 0.15) is 15.9 Å².